The molecule has 1 aliphatic rings. The summed E-state index contributed by atoms with van der Waals surface area (Å²) in [6, 6.07) is 5.29. The van der Waals surface area contributed by atoms with Gasteiger partial charge in [-0.2, -0.15) is 0 Å². The van der Waals surface area contributed by atoms with Crippen LogP contribution in [0, 0.1) is 5.92 Å². The largest absolute Gasteiger partial charge is 0.338 e. The lowest BCUT2D eigenvalue weighted by Gasteiger charge is -2.32. The van der Waals surface area contributed by atoms with E-state index in [0.29, 0.717) is 22.4 Å². The van der Waals surface area contributed by atoms with Crippen LogP contribution in [0.15, 0.2) is 22.7 Å². The minimum Gasteiger partial charge on any atom is -0.338 e. The number of hydrogen-bond donors (Lipinski definition) is 0. The average molecular weight is 365 g/mol. The van der Waals surface area contributed by atoms with E-state index in [1.54, 1.807) is 18.2 Å². The van der Waals surface area contributed by atoms with E-state index < -0.39 is 0 Å². The fourth-order valence-corrected chi connectivity index (χ4v) is 3.63. The van der Waals surface area contributed by atoms with Crippen LogP contribution in [0.5, 0.6) is 0 Å². The Morgan fingerprint density at radius 3 is 2.95 bits per heavy atom. The number of halogens is 3. The van der Waals surface area contributed by atoms with E-state index in [2.05, 4.69) is 15.9 Å². The molecule has 1 atom stereocenters. The lowest BCUT2D eigenvalue weighted by atomic mass is 9.95. The molecule has 0 spiro atoms. The number of likely N-dealkylation sites (tertiary alicyclic amines) is 1. The molecule has 0 aromatic heterocycles. The van der Waals surface area contributed by atoms with Crippen molar-refractivity contribution in [3.05, 3.63) is 33.3 Å². The molecule has 1 aromatic carbocycles. The highest BCUT2D eigenvalue weighted by Crippen LogP contribution is 2.26. The molecule has 0 aliphatic carbocycles. The van der Waals surface area contributed by atoms with E-state index in [1.165, 1.54) is 0 Å². The Hall–Kier alpha value is -0.250. The van der Waals surface area contributed by atoms with Crippen LogP contribution in [0.4, 0.5) is 0 Å². The molecule has 2 rings (SSSR count). The number of amides is 1. The first-order chi connectivity index (χ1) is 9.11. The Kier molecular flexibility index (Phi) is 5.55. The summed E-state index contributed by atoms with van der Waals surface area (Å²) < 4.78 is 0.754. The molecule has 0 bridgehead atoms. The summed E-state index contributed by atoms with van der Waals surface area (Å²) in [5, 5.41) is 0.627. The van der Waals surface area contributed by atoms with Gasteiger partial charge in [0.2, 0.25) is 0 Å². The molecule has 104 valence electrons. The van der Waals surface area contributed by atoms with Crippen molar-refractivity contribution >= 4 is 45.0 Å². The molecule has 19 heavy (non-hydrogen) atoms. The van der Waals surface area contributed by atoms with Crippen molar-refractivity contribution in [2.24, 2.45) is 5.92 Å². The summed E-state index contributed by atoms with van der Waals surface area (Å²) in [7, 11) is 0. The normalized spacial score (nSPS) is 19.5. The predicted octanol–water partition coefficient (Wildman–Crippen LogP) is 4.58. The van der Waals surface area contributed by atoms with Gasteiger partial charge in [0.1, 0.15) is 0 Å². The Balaban J connectivity index is 2.10. The molecule has 1 aromatic rings. The second kappa shape index (κ2) is 6.96. The van der Waals surface area contributed by atoms with Crippen LogP contribution in [-0.2, 0) is 0 Å². The number of benzene rings is 1. The average Bonchev–Trinajstić information content (AvgIpc) is 2.39. The topological polar surface area (TPSA) is 20.3 Å². The van der Waals surface area contributed by atoms with Gasteiger partial charge in [-0.3, -0.25) is 4.79 Å². The fourth-order valence-electron chi connectivity index (χ4n) is 2.47. The van der Waals surface area contributed by atoms with Crippen molar-refractivity contribution in [3.8, 4) is 0 Å². The third-order valence-corrected chi connectivity index (χ3v) is 4.59. The zero-order valence-electron chi connectivity index (χ0n) is 10.5. The number of nitrogens with zero attached hydrogens (tertiary/aromatic N) is 1. The van der Waals surface area contributed by atoms with Crippen LogP contribution in [-0.4, -0.2) is 29.8 Å². The molecule has 1 fully saturated rings. The Morgan fingerprint density at radius 2 is 2.26 bits per heavy atom. The van der Waals surface area contributed by atoms with Crippen molar-refractivity contribution in [1.82, 2.24) is 4.90 Å². The molecule has 0 N–H and O–H groups in total. The van der Waals surface area contributed by atoms with Gasteiger partial charge < -0.3 is 4.90 Å². The lowest BCUT2D eigenvalue weighted by molar-refractivity contribution is 0.0670. The molecule has 2 nitrogen and oxygen atoms in total. The van der Waals surface area contributed by atoms with Gasteiger partial charge in [-0.05, 0) is 59.3 Å². The summed E-state index contributed by atoms with van der Waals surface area (Å²) in [6.07, 6.45) is 3.20. The monoisotopic (exact) mass is 363 g/mol. The quantitative estimate of drug-likeness (QED) is 0.718. The van der Waals surface area contributed by atoms with E-state index in [9.17, 15) is 4.79 Å². The summed E-state index contributed by atoms with van der Waals surface area (Å²) in [5.41, 5.74) is 0.677. The summed E-state index contributed by atoms with van der Waals surface area (Å²) in [4.78, 5) is 14.4. The van der Waals surface area contributed by atoms with Crippen LogP contribution in [0.2, 0.25) is 5.02 Å². The van der Waals surface area contributed by atoms with Crippen molar-refractivity contribution in [1.29, 1.82) is 0 Å². The first-order valence-corrected chi connectivity index (χ1v) is 8.12. The summed E-state index contributed by atoms with van der Waals surface area (Å²) in [6.45, 7) is 1.63. The third kappa shape index (κ3) is 3.87. The molecule has 1 unspecified atom stereocenters. The van der Waals surface area contributed by atoms with Gasteiger partial charge in [0.05, 0.1) is 5.56 Å². The van der Waals surface area contributed by atoms with Crippen LogP contribution in [0.1, 0.15) is 29.6 Å². The second-order valence-corrected chi connectivity index (χ2v) is 6.53. The highest BCUT2D eigenvalue weighted by Gasteiger charge is 2.25. The van der Waals surface area contributed by atoms with Gasteiger partial charge in [-0.25, -0.2) is 0 Å². The van der Waals surface area contributed by atoms with E-state index in [-0.39, 0.29) is 5.91 Å². The van der Waals surface area contributed by atoms with Crippen molar-refractivity contribution in [3.63, 3.8) is 0 Å². The predicted molar refractivity (Wildman–Crippen MR) is 83.1 cm³/mol. The van der Waals surface area contributed by atoms with Crippen LogP contribution in [0.3, 0.4) is 0 Å². The highest BCUT2D eigenvalue weighted by molar-refractivity contribution is 9.10. The minimum absolute atomic E-state index is 0.0721. The van der Waals surface area contributed by atoms with Crippen molar-refractivity contribution in [2.75, 3.05) is 19.0 Å². The molecule has 1 aliphatic heterocycles. The van der Waals surface area contributed by atoms with Gasteiger partial charge in [0.25, 0.3) is 5.91 Å². The Morgan fingerprint density at radius 1 is 1.47 bits per heavy atom. The first kappa shape index (κ1) is 15.1. The Labute approximate surface area is 132 Å². The maximum absolute atomic E-state index is 12.5. The van der Waals surface area contributed by atoms with Gasteiger partial charge in [0, 0.05) is 28.5 Å². The van der Waals surface area contributed by atoms with Crippen LogP contribution < -0.4 is 0 Å². The van der Waals surface area contributed by atoms with E-state index in [4.69, 9.17) is 23.2 Å². The number of hydrogen-bond acceptors (Lipinski definition) is 1. The van der Waals surface area contributed by atoms with E-state index in [1.807, 2.05) is 4.90 Å². The standard InChI is InChI=1S/C14H16BrCl2NO/c15-13-8-11(17)3-4-12(13)14(19)18-7-1-2-10(9-18)5-6-16/h3-4,8,10H,1-2,5-7,9H2. The molecule has 1 heterocycles. The molecule has 1 amide bonds. The fraction of sp³-hybridized carbons (Fsp3) is 0.500. The maximum Gasteiger partial charge on any atom is 0.255 e. The zero-order valence-corrected chi connectivity index (χ0v) is 13.6. The SMILES string of the molecule is O=C(c1ccc(Cl)cc1Br)N1CCCC(CCCl)C1. The third-order valence-electron chi connectivity index (χ3n) is 3.49. The van der Waals surface area contributed by atoms with E-state index >= 15 is 0 Å². The molecule has 0 saturated carbocycles. The number of rotatable bonds is 3. The zero-order chi connectivity index (χ0) is 13.8. The molecular weight excluding hydrogens is 349 g/mol. The van der Waals surface area contributed by atoms with Gasteiger partial charge in [-0.15, -0.1) is 11.6 Å². The smallest absolute Gasteiger partial charge is 0.255 e. The number of alkyl halides is 1. The second-order valence-electron chi connectivity index (χ2n) is 4.86. The number of carbonyl (C=O) groups is 1. The first-order valence-electron chi connectivity index (χ1n) is 6.42. The number of piperidine rings is 1. The lowest BCUT2D eigenvalue weighted by Crippen LogP contribution is -2.40. The summed E-state index contributed by atoms with van der Waals surface area (Å²) in [5.74, 6) is 1.27. The van der Waals surface area contributed by atoms with Gasteiger partial charge >= 0.3 is 0 Å². The minimum atomic E-state index is 0.0721. The Bertz CT molecular complexity index is 465. The van der Waals surface area contributed by atoms with Crippen molar-refractivity contribution in [2.45, 2.75) is 19.3 Å². The van der Waals surface area contributed by atoms with Gasteiger partial charge in [0.15, 0.2) is 0 Å². The van der Waals surface area contributed by atoms with E-state index in [0.717, 1.165) is 36.8 Å². The molecular formula is C14H16BrCl2NO. The van der Waals surface area contributed by atoms with Crippen molar-refractivity contribution < 1.29 is 4.79 Å². The summed E-state index contributed by atoms with van der Waals surface area (Å²) >= 11 is 15.1. The molecule has 0 radical (unpaired) electrons. The maximum atomic E-state index is 12.5. The van der Waals surface area contributed by atoms with Crippen LogP contribution >= 0.6 is 39.1 Å². The molecule has 1 saturated heterocycles. The van der Waals surface area contributed by atoms with Gasteiger partial charge in [-0.1, -0.05) is 11.6 Å². The van der Waals surface area contributed by atoms with Crippen LogP contribution in [0.25, 0.3) is 0 Å². The highest BCUT2D eigenvalue weighted by atomic mass is 79.9. The number of carbonyl (C=O) groups excluding carboxylic acids is 1. The molecule has 5 heteroatoms.